The SMILES string of the molecule is Cc1cccc(COc2ccc(C(N)=O)c(C[C@@H](C(=O)NO)N3CCCC3)c2)c1. The second kappa shape index (κ2) is 9.54. The Balaban J connectivity index is 1.82. The summed E-state index contributed by atoms with van der Waals surface area (Å²) in [6, 6.07) is 12.5. The summed E-state index contributed by atoms with van der Waals surface area (Å²) in [5, 5.41) is 9.17. The summed E-state index contributed by atoms with van der Waals surface area (Å²) in [4.78, 5) is 26.2. The third-order valence-corrected chi connectivity index (χ3v) is 5.24. The van der Waals surface area contributed by atoms with Gasteiger partial charge in [-0.3, -0.25) is 19.7 Å². The highest BCUT2D eigenvalue weighted by Crippen LogP contribution is 2.23. The van der Waals surface area contributed by atoms with E-state index >= 15 is 0 Å². The average molecular weight is 397 g/mol. The molecule has 0 aliphatic carbocycles. The van der Waals surface area contributed by atoms with Gasteiger partial charge in [-0.05, 0) is 68.6 Å². The summed E-state index contributed by atoms with van der Waals surface area (Å²) < 4.78 is 5.90. The molecule has 0 unspecified atom stereocenters. The van der Waals surface area contributed by atoms with Crippen molar-refractivity contribution < 1.29 is 19.5 Å². The number of aryl methyl sites for hydroxylation is 1. The predicted molar refractivity (Wildman–Crippen MR) is 109 cm³/mol. The molecule has 1 aliphatic heterocycles. The third-order valence-electron chi connectivity index (χ3n) is 5.24. The van der Waals surface area contributed by atoms with Crippen LogP contribution < -0.4 is 16.0 Å². The first-order valence-electron chi connectivity index (χ1n) is 9.77. The summed E-state index contributed by atoms with van der Waals surface area (Å²) in [5.41, 5.74) is 10.5. The largest absolute Gasteiger partial charge is 0.489 e. The molecule has 0 radical (unpaired) electrons. The molecule has 4 N–H and O–H groups in total. The van der Waals surface area contributed by atoms with Gasteiger partial charge >= 0.3 is 0 Å². The number of hydrogen-bond acceptors (Lipinski definition) is 5. The standard InChI is InChI=1S/C22H27N3O4/c1-15-5-4-6-16(11-15)14-29-18-7-8-19(21(23)26)17(12-18)13-20(22(27)24-28)25-9-2-3-10-25/h4-8,11-12,20,28H,2-3,9-10,13-14H2,1H3,(H2,23,26)(H,24,27)/t20-/m0/s1. The molecule has 7 heteroatoms. The lowest BCUT2D eigenvalue weighted by atomic mass is 9.98. The summed E-state index contributed by atoms with van der Waals surface area (Å²) in [5.74, 6) is -0.459. The van der Waals surface area contributed by atoms with Gasteiger partial charge in [0.2, 0.25) is 5.91 Å². The van der Waals surface area contributed by atoms with E-state index < -0.39 is 17.9 Å². The van der Waals surface area contributed by atoms with Gasteiger partial charge in [0.25, 0.3) is 5.91 Å². The molecule has 0 bridgehead atoms. The minimum atomic E-state index is -0.576. The zero-order valence-corrected chi connectivity index (χ0v) is 16.6. The minimum Gasteiger partial charge on any atom is -0.489 e. The molecule has 1 heterocycles. The van der Waals surface area contributed by atoms with Crippen LogP contribution in [0.3, 0.4) is 0 Å². The average Bonchev–Trinajstić information content (AvgIpc) is 3.24. The van der Waals surface area contributed by atoms with Crippen molar-refractivity contribution in [3.63, 3.8) is 0 Å². The van der Waals surface area contributed by atoms with Gasteiger partial charge in [0.05, 0.1) is 6.04 Å². The zero-order valence-electron chi connectivity index (χ0n) is 16.6. The van der Waals surface area contributed by atoms with Gasteiger partial charge in [-0.2, -0.15) is 0 Å². The van der Waals surface area contributed by atoms with E-state index in [4.69, 9.17) is 15.7 Å². The van der Waals surface area contributed by atoms with Gasteiger partial charge in [0, 0.05) is 5.56 Å². The van der Waals surface area contributed by atoms with Crippen LogP contribution >= 0.6 is 0 Å². The van der Waals surface area contributed by atoms with Crippen molar-refractivity contribution in [1.82, 2.24) is 10.4 Å². The van der Waals surface area contributed by atoms with Crippen LogP contribution in [0.25, 0.3) is 0 Å². The molecule has 0 saturated carbocycles. The number of nitrogens with one attached hydrogen (secondary N) is 1. The zero-order chi connectivity index (χ0) is 20.8. The molecule has 2 aromatic carbocycles. The first kappa shape index (κ1) is 20.8. The van der Waals surface area contributed by atoms with E-state index in [1.54, 1.807) is 23.7 Å². The fraction of sp³-hybridized carbons (Fsp3) is 0.364. The number of hydrogen-bond donors (Lipinski definition) is 3. The summed E-state index contributed by atoms with van der Waals surface area (Å²) >= 11 is 0. The van der Waals surface area contributed by atoms with Crippen LogP contribution in [0.4, 0.5) is 0 Å². The third kappa shape index (κ3) is 5.34. The Morgan fingerprint density at radius 1 is 1.21 bits per heavy atom. The van der Waals surface area contributed by atoms with Gasteiger partial charge in [0.15, 0.2) is 0 Å². The highest BCUT2D eigenvalue weighted by molar-refractivity contribution is 5.95. The van der Waals surface area contributed by atoms with E-state index in [1.807, 2.05) is 36.1 Å². The Morgan fingerprint density at radius 3 is 2.62 bits per heavy atom. The molecule has 7 nitrogen and oxygen atoms in total. The Labute approximate surface area is 170 Å². The number of hydroxylamine groups is 1. The van der Waals surface area contributed by atoms with Gasteiger partial charge < -0.3 is 10.5 Å². The molecule has 0 spiro atoms. The maximum absolute atomic E-state index is 12.3. The lowest BCUT2D eigenvalue weighted by molar-refractivity contribution is -0.134. The number of carbonyl (C=O) groups excluding carboxylic acids is 2. The van der Waals surface area contributed by atoms with Crippen molar-refractivity contribution in [2.45, 2.75) is 38.8 Å². The second-order valence-electron chi connectivity index (χ2n) is 7.40. The Morgan fingerprint density at radius 2 is 1.97 bits per heavy atom. The lowest BCUT2D eigenvalue weighted by Crippen LogP contribution is -2.46. The first-order chi connectivity index (χ1) is 14.0. The molecule has 0 aromatic heterocycles. The Bertz CT molecular complexity index is 878. The molecule has 2 amide bonds. The number of nitrogens with zero attached hydrogens (tertiary/aromatic N) is 1. The van der Waals surface area contributed by atoms with Crippen LogP contribution in [0.15, 0.2) is 42.5 Å². The molecule has 29 heavy (non-hydrogen) atoms. The highest BCUT2D eigenvalue weighted by atomic mass is 16.5. The predicted octanol–water partition coefficient (Wildman–Crippen LogP) is 2.19. The van der Waals surface area contributed by atoms with E-state index in [9.17, 15) is 9.59 Å². The van der Waals surface area contributed by atoms with Crippen LogP contribution in [0.2, 0.25) is 0 Å². The molecule has 2 aromatic rings. The summed E-state index contributed by atoms with van der Waals surface area (Å²) in [7, 11) is 0. The second-order valence-corrected chi connectivity index (χ2v) is 7.40. The van der Waals surface area contributed by atoms with Crippen molar-refractivity contribution in [3.05, 3.63) is 64.7 Å². The van der Waals surface area contributed by atoms with E-state index in [2.05, 4.69) is 0 Å². The normalized spacial score (nSPS) is 15.1. The van der Waals surface area contributed by atoms with E-state index in [-0.39, 0.29) is 6.42 Å². The molecule has 154 valence electrons. The smallest absolute Gasteiger partial charge is 0.261 e. The lowest BCUT2D eigenvalue weighted by Gasteiger charge is -2.26. The quantitative estimate of drug-likeness (QED) is 0.468. The molecule has 1 aliphatic rings. The number of primary amides is 1. The van der Waals surface area contributed by atoms with E-state index in [0.717, 1.165) is 37.1 Å². The summed E-state index contributed by atoms with van der Waals surface area (Å²) in [6.07, 6.45) is 2.25. The molecular weight excluding hydrogens is 370 g/mol. The van der Waals surface area contributed by atoms with Crippen molar-refractivity contribution >= 4 is 11.8 Å². The number of likely N-dealkylation sites (tertiary alicyclic amines) is 1. The fourth-order valence-electron chi connectivity index (χ4n) is 3.76. The van der Waals surface area contributed by atoms with Crippen molar-refractivity contribution in [1.29, 1.82) is 0 Å². The Hall–Kier alpha value is -2.90. The van der Waals surface area contributed by atoms with Crippen LogP contribution in [-0.2, 0) is 17.8 Å². The van der Waals surface area contributed by atoms with Crippen molar-refractivity contribution in [2.24, 2.45) is 5.73 Å². The molecule has 3 rings (SSSR count). The van der Waals surface area contributed by atoms with Crippen LogP contribution in [0.1, 0.15) is 39.9 Å². The van der Waals surface area contributed by atoms with E-state index in [1.165, 1.54) is 0 Å². The fourth-order valence-corrected chi connectivity index (χ4v) is 3.76. The number of amides is 2. The van der Waals surface area contributed by atoms with Crippen LogP contribution in [0, 0.1) is 6.92 Å². The maximum Gasteiger partial charge on any atom is 0.261 e. The molecule has 1 atom stereocenters. The molecule has 1 saturated heterocycles. The first-order valence-corrected chi connectivity index (χ1v) is 9.77. The highest BCUT2D eigenvalue weighted by Gasteiger charge is 2.29. The number of nitrogens with two attached hydrogens (primary N) is 1. The van der Waals surface area contributed by atoms with E-state index in [0.29, 0.717) is 23.5 Å². The monoisotopic (exact) mass is 397 g/mol. The maximum atomic E-state index is 12.3. The number of ether oxygens (including phenoxy) is 1. The topological polar surface area (TPSA) is 105 Å². The number of carbonyl (C=O) groups is 2. The molecular formula is C22H27N3O4. The Kier molecular flexibility index (Phi) is 6.85. The van der Waals surface area contributed by atoms with Crippen LogP contribution in [-0.4, -0.2) is 41.1 Å². The molecule has 1 fully saturated rings. The van der Waals surface area contributed by atoms with Gasteiger partial charge in [0.1, 0.15) is 12.4 Å². The van der Waals surface area contributed by atoms with Crippen LogP contribution in [0.5, 0.6) is 5.75 Å². The number of benzene rings is 2. The van der Waals surface area contributed by atoms with Crippen molar-refractivity contribution in [3.8, 4) is 5.75 Å². The van der Waals surface area contributed by atoms with Gasteiger partial charge in [-0.15, -0.1) is 0 Å². The van der Waals surface area contributed by atoms with Gasteiger partial charge in [-0.25, -0.2) is 5.48 Å². The number of rotatable bonds is 8. The summed E-state index contributed by atoms with van der Waals surface area (Å²) in [6.45, 7) is 3.96. The minimum absolute atomic E-state index is 0.256. The van der Waals surface area contributed by atoms with Crippen molar-refractivity contribution in [2.75, 3.05) is 13.1 Å². The van der Waals surface area contributed by atoms with Gasteiger partial charge in [-0.1, -0.05) is 29.8 Å².